The summed E-state index contributed by atoms with van der Waals surface area (Å²) in [7, 11) is 0. The van der Waals surface area contributed by atoms with Crippen molar-refractivity contribution in [2.24, 2.45) is 5.73 Å². The SMILES string of the molecule is CSCCC(N)c1nc(Cc2ccc(C)cc2)no1. The van der Waals surface area contributed by atoms with Crippen LogP contribution in [0.5, 0.6) is 0 Å². The normalized spacial score (nSPS) is 12.6. The lowest BCUT2D eigenvalue weighted by molar-refractivity contribution is 0.349. The third-order valence-electron chi connectivity index (χ3n) is 2.92. The molecule has 0 aliphatic rings. The Hall–Kier alpha value is -1.33. The molecule has 0 saturated heterocycles. The molecule has 1 heterocycles. The molecule has 5 heteroatoms. The summed E-state index contributed by atoms with van der Waals surface area (Å²) in [6.07, 6.45) is 3.59. The first-order valence-electron chi connectivity index (χ1n) is 6.31. The maximum atomic E-state index is 6.00. The van der Waals surface area contributed by atoms with Crippen molar-refractivity contribution in [2.45, 2.75) is 25.8 Å². The fourth-order valence-corrected chi connectivity index (χ4v) is 2.24. The quantitative estimate of drug-likeness (QED) is 0.879. The molecule has 1 atom stereocenters. The van der Waals surface area contributed by atoms with Crippen molar-refractivity contribution in [3.05, 3.63) is 47.1 Å². The lowest BCUT2D eigenvalue weighted by Gasteiger charge is -2.03. The fourth-order valence-electron chi connectivity index (χ4n) is 1.75. The van der Waals surface area contributed by atoms with E-state index in [1.807, 2.05) is 0 Å². The van der Waals surface area contributed by atoms with Crippen LogP contribution in [-0.4, -0.2) is 22.1 Å². The van der Waals surface area contributed by atoms with Gasteiger partial charge in [-0.1, -0.05) is 35.0 Å². The molecule has 102 valence electrons. The van der Waals surface area contributed by atoms with E-state index in [2.05, 4.69) is 47.6 Å². The third kappa shape index (κ3) is 4.08. The number of thioether (sulfide) groups is 1. The van der Waals surface area contributed by atoms with Gasteiger partial charge in [-0.3, -0.25) is 0 Å². The first kappa shape index (κ1) is 14.1. The van der Waals surface area contributed by atoms with Gasteiger partial charge < -0.3 is 10.3 Å². The minimum absolute atomic E-state index is 0.160. The number of aryl methyl sites for hydroxylation is 1. The van der Waals surface area contributed by atoms with E-state index in [0.717, 1.165) is 12.2 Å². The Balaban J connectivity index is 1.98. The van der Waals surface area contributed by atoms with Crippen molar-refractivity contribution in [3.8, 4) is 0 Å². The summed E-state index contributed by atoms with van der Waals surface area (Å²) in [6.45, 7) is 2.07. The number of nitrogens with two attached hydrogens (primary N) is 1. The fraction of sp³-hybridized carbons (Fsp3) is 0.429. The molecule has 0 radical (unpaired) electrons. The minimum Gasteiger partial charge on any atom is -0.338 e. The lowest BCUT2D eigenvalue weighted by Crippen LogP contribution is -2.11. The molecule has 19 heavy (non-hydrogen) atoms. The number of benzene rings is 1. The number of nitrogens with zero attached hydrogens (tertiary/aromatic N) is 2. The number of hydrogen-bond acceptors (Lipinski definition) is 5. The predicted octanol–water partition coefficient (Wildman–Crippen LogP) is 2.72. The van der Waals surface area contributed by atoms with Gasteiger partial charge in [0.15, 0.2) is 5.82 Å². The van der Waals surface area contributed by atoms with Crippen LogP contribution in [-0.2, 0) is 6.42 Å². The molecular formula is C14H19N3OS. The van der Waals surface area contributed by atoms with Crippen molar-refractivity contribution >= 4 is 11.8 Å². The predicted molar refractivity (Wildman–Crippen MR) is 78.2 cm³/mol. The van der Waals surface area contributed by atoms with Gasteiger partial charge in [0.2, 0.25) is 5.89 Å². The molecule has 2 aromatic rings. The highest BCUT2D eigenvalue weighted by Crippen LogP contribution is 2.15. The summed E-state index contributed by atoms with van der Waals surface area (Å²) in [6, 6.07) is 8.17. The molecule has 0 fully saturated rings. The topological polar surface area (TPSA) is 64.9 Å². The van der Waals surface area contributed by atoms with Gasteiger partial charge in [-0.2, -0.15) is 16.7 Å². The Morgan fingerprint density at radius 2 is 2.05 bits per heavy atom. The van der Waals surface area contributed by atoms with E-state index >= 15 is 0 Å². The maximum Gasteiger partial charge on any atom is 0.243 e. The molecule has 1 unspecified atom stereocenters. The number of hydrogen-bond donors (Lipinski definition) is 1. The smallest absolute Gasteiger partial charge is 0.243 e. The molecule has 0 aliphatic heterocycles. The standard InChI is InChI=1S/C14H19N3OS/c1-10-3-5-11(6-4-10)9-13-16-14(18-17-13)12(15)7-8-19-2/h3-6,12H,7-9,15H2,1-2H3. The van der Waals surface area contributed by atoms with Gasteiger partial charge in [0, 0.05) is 6.42 Å². The second kappa shape index (κ2) is 6.73. The van der Waals surface area contributed by atoms with E-state index in [0.29, 0.717) is 18.1 Å². The summed E-state index contributed by atoms with van der Waals surface area (Å²) < 4.78 is 5.22. The van der Waals surface area contributed by atoms with Gasteiger partial charge in [0.1, 0.15) is 0 Å². The summed E-state index contributed by atoms with van der Waals surface area (Å²) in [4.78, 5) is 4.37. The summed E-state index contributed by atoms with van der Waals surface area (Å²) in [5, 5.41) is 3.99. The van der Waals surface area contributed by atoms with Crippen LogP contribution < -0.4 is 5.73 Å². The van der Waals surface area contributed by atoms with Crippen molar-refractivity contribution in [1.29, 1.82) is 0 Å². The number of aromatic nitrogens is 2. The second-order valence-electron chi connectivity index (χ2n) is 4.60. The van der Waals surface area contributed by atoms with Gasteiger partial charge in [0.05, 0.1) is 6.04 Å². The highest BCUT2D eigenvalue weighted by atomic mass is 32.2. The highest BCUT2D eigenvalue weighted by molar-refractivity contribution is 7.98. The Morgan fingerprint density at radius 3 is 2.74 bits per heavy atom. The zero-order valence-electron chi connectivity index (χ0n) is 11.3. The van der Waals surface area contributed by atoms with Crippen LogP contribution in [0.3, 0.4) is 0 Å². The van der Waals surface area contributed by atoms with Crippen LogP contribution in [0.4, 0.5) is 0 Å². The summed E-state index contributed by atoms with van der Waals surface area (Å²) >= 11 is 1.77. The molecule has 0 spiro atoms. The Bertz CT molecular complexity index is 510. The Kier molecular flexibility index (Phi) is 4.99. The van der Waals surface area contributed by atoms with Crippen molar-refractivity contribution in [2.75, 3.05) is 12.0 Å². The van der Waals surface area contributed by atoms with Gasteiger partial charge in [0.25, 0.3) is 0 Å². The van der Waals surface area contributed by atoms with E-state index in [-0.39, 0.29) is 6.04 Å². The average Bonchev–Trinajstić information content (AvgIpc) is 2.87. The molecule has 2 rings (SSSR count). The minimum atomic E-state index is -0.160. The van der Waals surface area contributed by atoms with Crippen molar-refractivity contribution in [3.63, 3.8) is 0 Å². The first-order valence-corrected chi connectivity index (χ1v) is 7.71. The monoisotopic (exact) mass is 277 g/mol. The zero-order valence-corrected chi connectivity index (χ0v) is 12.1. The number of rotatable bonds is 6. The molecule has 0 amide bonds. The Morgan fingerprint density at radius 1 is 1.32 bits per heavy atom. The van der Waals surface area contributed by atoms with Crippen molar-refractivity contribution in [1.82, 2.24) is 10.1 Å². The molecule has 0 aliphatic carbocycles. The van der Waals surface area contributed by atoms with E-state index < -0.39 is 0 Å². The first-order chi connectivity index (χ1) is 9.19. The van der Waals surface area contributed by atoms with Gasteiger partial charge in [-0.05, 0) is 30.9 Å². The van der Waals surface area contributed by atoms with E-state index in [9.17, 15) is 0 Å². The van der Waals surface area contributed by atoms with Crippen molar-refractivity contribution < 1.29 is 4.52 Å². The van der Waals surface area contributed by atoms with Gasteiger partial charge >= 0.3 is 0 Å². The second-order valence-corrected chi connectivity index (χ2v) is 5.58. The molecule has 0 saturated carbocycles. The molecular weight excluding hydrogens is 258 g/mol. The third-order valence-corrected chi connectivity index (χ3v) is 3.56. The Labute approximate surface area is 117 Å². The maximum absolute atomic E-state index is 6.00. The van der Waals surface area contributed by atoms with E-state index in [1.165, 1.54) is 11.1 Å². The molecule has 4 nitrogen and oxygen atoms in total. The van der Waals surface area contributed by atoms with E-state index in [4.69, 9.17) is 10.3 Å². The summed E-state index contributed by atoms with van der Waals surface area (Å²) in [5.74, 6) is 2.23. The average molecular weight is 277 g/mol. The lowest BCUT2D eigenvalue weighted by atomic mass is 10.1. The van der Waals surface area contributed by atoms with Gasteiger partial charge in [-0.25, -0.2) is 0 Å². The summed E-state index contributed by atoms with van der Waals surface area (Å²) in [5.41, 5.74) is 8.42. The van der Waals surface area contributed by atoms with Crippen LogP contribution in [0, 0.1) is 6.92 Å². The van der Waals surface area contributed by atoms with Gasteiger partial charge in [-0.15, -0.1) is 0 Å². The van der Waals surface area contributed by atoms with Crippen LogP contribution in [0.25, 0.3) is 0 Å². The zero-order chi connectivity index (χ0) is 13.7. The molecule has 1 aromatic carbocycles. The van der Waals surface area contributed by atoms with Crippen LogP contribution in [0.2, 0.25) is 0 Å². The largest absolute Gasteiger partial charge is 0.338 e. The van der Waals surface area contributed by atoms with Crippen LogP contribution in [0.15, 0.2) is 28.8 Å². The van der Waals surface area contributed by atoms with E-state index in [1.54, 1.807) is 11.8 Å². The molecule has 2 N–H and O–H groups in total. The molecule has 1 aromatic heterocycles. The van der Waals surface area contributed by atoms with Crippen LogP contribution in [0.1, 0.15) is 35.3 Å². The highest BCUT2D eigenvalue weighted by Gasteiger charge is 2.14. The van der Waals surface area contributed by atoms with Crippen LogP contribution >= 0.6 is 11.8 Å². The molecule has 0 bridgehead atoms.